The average molecular weight is 333 g/mol. The molecular weight excluding hydrogens is 319 g/mol. The zero-order chi connectivity index (χ0) is 14.9. The highest BCUT2D eigenvalue weighted by atomic mass is 35.5. The number of fused-ring (bicyclic) bond motifs is 1. The van der Waals surface area contributed by atoms with Crippen LogP contribution in [0.3, 0.4) is 0 Å². The Bertz CT molecular complexity index is 651. The summed E-state index contributed by atoms with van der Waals surface area (Å²) in [7, 11) is 0. The summed E-state index contributed by atoms with van der Waals surface area (Å²) in [5.41, 5.74) is 1.46. The summed E-state index contributed by atoms with van der Waals surface area (Å²) in [6.45, 7) is 5.86. The molecule has 2 rings (SSSR count). The van der Waals surface area contributed by atoms with E-state index in [1.807, 2.05) is 20.8 Å². The average Bonchev–Trinajstić information content (AvgIpc) is 2.75. The number of benzene rings is 1. The molecule has 0 fully saturated rings. The monoisotopic (exact) mass is 332 g/mol. The molecule has 0 aliphatic rings. The smallest absolute Gasteiger partial charge is 0.239 e. The van der Waals surface area contributed by atoms with Gasteiger partial charge in [-0.25, -0.2) is 0 Å². The maximum absolute atomic E-state index is 11.8. The van der Waals surface area contributed by atoms with Gasteiger partial charge in [0.25, 0.3) is 0 Å². The van der Waals surface area contributed by atoms with E-state index in [0.29, 0.717) is 26.8 Å². The lowest BCUT2D eigenvalue weighted by molar-refractivity contribution is -0.120. The van der Waals surface area contributed by atoms with Crippen molar-refractivity contribution in [3.63, 3.8) is 0 Å². The maximum atomic E-state index is 11.8. The molecule has 20 heavy (non-hydrogen) atoms. The van der Waals surface area contributed by atoms with E-state index in [4.69, 9.17) is 23.2 Å². The van der Waals surface area contributed by atoms with E-state index in [-0.39, 0.29) is 18.0 Å². The molecular formula is C12H14Cl2N4OS. The van der Waals surface area contributed by atoms with Gasteiger partial charge in [0.15, 0.2) is 0 Å². The number of amides is 1. The van der Waals surface area contributed by atoms with Crippen LogP contribution in [0.2, 0.25) is 10.0 Å². The molecule has 0 aliphatic carbocycles. The molecule has 0 aliphatic heterocycles. The van der Waals surface area contributed by atoms with E-state index in [9.17, 15) is 4.79 Å². The largest absolute Gasteiger partial charge is 0.373 e. The van der Waals surface area contributed by atoms with Crippen molar-refractivity contribution in [2.75, 3.05) is 11.9 Å². The third-order valence-corrected chi connectivity index (χ3v) is 3.50. The Kier molecular flexibility index (Phi) is 4.36. The normalized spacial score (nSPS) is 11.7. The SMILES string of the molecule is CC(C)(C)NC(=O)CNc1c(Cl)cc(Cl)c2nsnc12. The number of nitrogens with one attached hydrogen (secondary N) is 2. The van der Waals surface area contributed by atoms with Gasteiger partial charge in [-0.2, -0.15) is 8.75 Å². The number of carbonyl (C=O) groups excluding carboxylic acids is 1. The van der Waals surface area contributed by atoms with E-state index in [1.165, 1.54) is 0 Å². The molecule has 0 saturated carbocycles. The topological polar surface area (TPSA) is 66.9 Å². The molecule has 5 nitrogen and oxygen atoms in total. The second-order valence-electron chi connectivity index (χ2n) is 5.33. The Morgan fingerprint density at radius 2 is 1.90 bits per heavy atom. The van der Waals surface area contributed by atoms with Gasteiger partial charge in [-0.3, -0.25) is 4.79 Å². The van der Waals surface area contributed by atoms with Crippen molar-refractivity contribution in [3.05, 3.63) is 16.1 Å². The van der Waals surface area contributed by atoms with Gasteiger partial charge in [-0.05, 0) is 26.8 Å². The zero-order valence-electron chi connectivity index (χ0n) is 11.3. The Morgan fingerprint density at radius 3 is 2.55 bits per heavy atom. The van der Waals surface area contributed by atoms with Gasteiger partial charge in [0, 0.05) is 5.54 Å². The summed E-state index contributed by atoms with van der Waals surface area (Å²) in [6.07, 6.45) is 0. The van der Waals surface area contributed by atoms with E-state index < -0.39 is 0 Å². The zero-order valence-corrected chi connectivity index (χ0v) is 13.6. The predicted octanol–water partition coefficient (Wildman–Crippen LogP) is 3.32. The van der Waals surface area contributed by atoms with E-state index in [0.717, 1.165) is 11.7 Å². The number of hydrogen-bond acceptors (Lipinski definition) is 5. The van der Waals surface area contributed by atoms with Crippen molar-refractivity contribution in [1.29, 1.82) is 0 Å². The summed E-state index contributed by atoms with van der Waals surface area (Å²) < 4.78 is 8.27. The summed E-state index contributed by atoms with van der Waals surface area (Å²) >= 11 is 13.2. The highest BCUT2D eigenvalue weighted by molar-refractivity contribution is 7.00. The quantitative estimate of drug-likeness (QED) is 0.904. The van der Waals surface area contributed by atoms with Crippen LogP contribution >= 0.6 is 34.9 Å². The molecule has 2 aromatic rings. The predicted molar refractivity (Wildman–Crippen MR) is 83.8 cm³/mol. The minimum Gasteiger partial charge on any atom is -0.373 e. The molecule has 0 radical (unpaired) electrons. The summed E-state index contributed by atoms with van der Waals surface area (Å²) in [5, 5.41) is 6.71. The van der Waals surface area contributed by atoms with Crippen molar-refractivity contribution in [3.8, 4) is 0 Å². The van der Waals surface area contributed by atoms with Crippen LogP contribution in [0.5, 0.6) is 0 Å². The number of hydrogen-bond donors (Lipinski definition) is 2. The van der Waals surface area contributed by atoms with Crippen molar-refractivity contribution in [2.24, 2.45) is 0 Å². The molecule has 1 aromatic carbocycles. The number of nitrogens with zero attached hydrogens (tertiary/aromatic N) is 2. The van der Waals surface area contributed by atoms with Crippen molar-refractivity contribution in [1.82, 2.24) is 14.1 Å². The van der Waals surface area contributed by atoms with Crippen LogP contribution < -0.4 is 10.6 Å². The van der Waals surface area contributed by atoms with Crippen LogP contribution in [-0.2, 0) is 4.79 Å². The van der Waals surface area contributed by atoms with Gasteiger partial charge in [0.2, 0.25) is 5.91 Å². The molecule has 1 amide bonds. The molecule has 108 valence electrons. The first-order valence-corrected chi connectivity index (χ1v) is 7.42. The van der Waals surface area contributed by atoms with Crippen LogP contribution in [-0.4, -0.2) is 26.7 Å². The Labute approximate surface area is 131 Å². The highest BCUT2D eigenvalue weighted by Gasteiger charge is 2.17. The fourth-order valence-electron chi connectivity index (χ4n) is 1.67. The molecule has 1 heterocycles. The summed E-state index contributed by atoms with van der Waals surface area (Å²) in [4.78, 5) is 11.8. The molecule has 0 bridgehead atoms. The van der Waals surface area contributed by atoms with Crippen LogP contribution in [0.15, 0.2) is 6.07 Å². The lowest BCUT2D eigenvalue weighted by Gasteiger charge is -2.21. The number of aromatic nitrogens is 2. The van der Waals surface area contributed by atoms with E-state index >= 15 is 0 Å². The van der Waals surface area contributed by atoms with E-state index in [2.05, 4.69) is 19.4 Å². The lowest BCUT2D eigenvalue weighted by Crippen LogP contribution is -2.43. The van der Waals surface area contributed by atoms with Crippen LogP contribution in [0.4, 0.5) is 5.69 Å². The minimum atomic E-state index is -0.278. The molecule has 8 heteroatoms. The first-order chi connectivity index (χ1) is 9.28. The molecule has 2 N–H and O–H groups in total. The Balaban J connectivity index is 2.18. The number of carbonyl (C=O) groups is 1. The molecule has 1 aromatic heterocycles. The van der Waals surface area contributed by atoms with Gasteiger partial charge >= 0.3 is 0 Å². The highest BCUT2D eigenvalue weighted by Crippen LogP contribution is 2.34. The molecule has 0 saturated heterocycles. The molecule has 0 spiro atoms. The molecule has 0 unspecified atom stereocenters. The third kappa shape index (κ3) is 3.50. The van der Waals surface area contributed by atoms with Gasteiger partial charge in [0.1, 0.15) is 11.0 Å². The Hall–Kier alpha value is -1.11. The second-order valence-corrected chi connectivity index (χ2v) is 6.67. The number of anilines is 1. The van der Waals surface area contributed by atoms with Crippen LogP contribution in [0.25, 0.3) is 11.0 Å². The Morgan fingerprint density at radius 1 is 1.25 bits per heavy atom. The van der Waals surface area contributed by atoms with Crippen molar-refractivity contribution >= 4 is 57.6 Å². The van der Waals surface area contributed by atoms with Gasteiger partial charge in [-0.1, -0.05) is 23.2 Å². The second kappa shape index (κ2) is 5.71. The van der Waals surface area contributed by atoms with Gasteiger partial charge < -0.3 is 10.6 Å². The van der Waals surface area contributed by atoms with Crippen LogP contribution in [0.1, 0.15) is 20.8 Å². The number of rotatable bonds is 3. The first-order valence-electron chi connectivity index (χ1n) is 5.93. The fourth-order valence-corrected chi connectivity index (χ4v) is 2.85. The lowest BCUT2D eigenvalue weighted by atomic mass is 10.1. The standard InChI is InChI=1S/C12H14Cl2N4OS/c1-12(2,3)16-8(19)5-15-9-6(13)4-7(14)10-11(9)18-20-17-10/h4,15H,5H2,1-3H3,(H,16,19). The fraction of sp³-hybridized carbons (Fsp3) is 0.417. The summed E-state index contributed by atoms with van der Waals surface area (Å²) in [6, 6.07) is 1.59. The molecule has 0 atom stereocenters. The third-order valence-electron chi connectivity index (χ3n) is 2.38. The van der Waals surface area contributed by atoms with Crippen molar-refractivity contribution in [2.45, 2.75) is 26.3 Å². The van der Waals surface area contributed by atoms with Crippen LogP contribution in [0, 0.1) is 0 Å². The van der Waals surface area contributed by atoms with Crippen molar-refractivity contribution < 1.29 is 4.79 Å². The number of halogens is 2. The summed E-state index contributed by atoms with van der Waals surface area (Å²) in [5.74, 6) is -0.125. The first kappa shape index (κ1) is 15.3. The minimum absolute atomic E-state index is 0.102. The van der Waals surface area contributed by atoms with Gasteiger partial charge in [0.05, 0.1) is 34.0 Å². The van der Waals surface area contributed by atoms with E-state index in [1.54, 1.807) is 6.07 Å². The van der Waals surface area contributed by atoms with Gasteiger partial charge in [-0.15, -0.1) is 0 Å². The maximum Gasteiger partial charge on any atom is 0.239 e.